The number of hydrogen-bond acceptors (Lipinski definition) is 2. The van der Waals surface area contributed by atoms with Crippen LogP contribution in [0.5, 0.6) is 0 Å². The van der Waals surface area contributed by atoms with E-state index >= 15 is 0 Å². The van der Waals surface area contributed by atoms with Crippen LogP contribution in [0.25, 0.3) is 0 Å². The summed E-state index contributed by atoms with van der Waals surface area (Å²) in [5.74, 6) is 0. The Hall–Kier alpha value is 0.214. The molecule has 0 aliphatic rings. The summed E-state index contributed by atoms with van der Waals surface area (Å²) in [6, 6.07) is 0.773. The molecule has 0 aliphatic heterocycles. The third-order valence-electron chi connectivity index (χ3n) is 2.90. The van der Waals surface area contributed by atoms with Gasteiger partial charge in [-0.1, -0.05) is 0 Å². The van der Waals surface area contributed by atoms with Crippen molar-refractivity contribution >= 4 is 17.1 Å². The second-order valence-corrected chi connectivity index (χ2v) is 11.9. The minimum absolute atomic E-state index is 0.386. The second kappa shape index (κ2) is 4.82. The number of nitrogens with zero attached hydrogens (tertiary/aromatic N) is 2. The van der Waals surface area contributed by atoms with Gasteiger partial charge in [0.05, 0.1) is 0 Å². The predicted molar refractivity (Wildman–Crippen MR) is 62.4 cm³/mol. The highest BCUT2D eigenvalue weighted by atomic mass is 28.4. The Morgan fingerprint density at radius 2 is 1.00 bits per heavy atom. The van der Waals surface area contributed by atoms with Gasteiger partial charge in [0.1, 0.15) is 0 Å². The van der Waals surface area contributed by atoms with Gasteiger partial charge >= 0.3 is 17.1 Å². The monoisotopic (exact) mass is 240 g/mol. The molecule has 14 heavy (non-hydrogen) atoms. The van der Waals surface area contributed by atoms with Crippen LogP contribution in [0, 0.1) is 0 Å². The van der Waals surface area contributed by atoms with E-state index in [1.807, 2.05) is 0 Å². The van der Waals surface area contributed by atoms with Gasteiger partial charge in [-0.3, -0.25) is 8.22 Å². The Morgan fingerprint density at radius 1 is 0.786 bits per heavy atom. The maximum absolute atomic E-state index is 13.9. The van der Waals surface area contributed by atoms with Gasteiger partial charge in [0, 0.05) is 0 Å². The lowest BCUT2D eigenvalue weighted by Gasteiger charge is -2.30. The molecule has 0 fully saturated rings. The summed E-state index contributed by atoms with van der Waals surface area (Å²) in [6.45, 7) is 3.26. The molecule has 6 heteroatoms. The topological polar surface area (TPSA) is 6.48 Å². The standard InChI is InChI=1S/C8H22F2N2Si2/c1-11(2)13(5,9)7-8-14(6,10)12(3)4/h7-8H2,1-6H3. The first-order valence-electron chi connectivity index (χ1n) is 4.82. The van der Waals surface area contributed by atoms with Gasteiger partial charge in [0.25, 0.3) is 0 Å². The molecule has 86 valence electrons. The highest BCUT2D eigenvalue weighted by Gasteiger charge is 2.38. The lowest BCUT2D eigenvalue weighted by atomic mass is 10.9. The lowest BCUT2D eigenvalue weighted by molar-refractivity contribution is 0.509. The maximum Gasteiger partial charge on any atom is 0.318 e. The van der Waals surface area contributed by atoms with Gasteiger partial charge in [-0.05, 0) is 53.4 Å². The molecule has 0 radical (unpaired) electrons. The molecule has 2 nitrogen and oxygen atoms in total. The summed E-state index contributed by atoms with van der Waals surface area (Å²) in [5, 5.41) is 0. The van der Waals surface area contributed by atoms with Crippen molar-refractivity contribution in [1.82, 2.24) is 9.13 Å². The SMILES string of the molecule is CN(C)[Si](C)(F)CC[Si](C)(F)N(C)C. The number of halogens is 2. The molecular formula is C8H22F2N2Si2. The molecule has 0 amide bonds. The Morgan fingerprint density at radius 3 is 1.14 bits per heavy atom. The van der Waals surface area contributed by atoms with Crippen LogP contribution in [-0.4, -0.2) is 54.5 Å². The van der Waals surface area contributed by atoms with Gasteiger partial charge in [0.2, 0.25) is 0 Å². The van der Waals surface area contributed by atoms with E-state index in [0.29, 0.717) is 12.1 Å². The summed E-state index contributed by atoms with van der Waals surface area (Å²) in [5.41, 5.74) is 0. The molecule has 2 atom stereocenters. The van der Waals surface area contributed by atoms with Crippen molar-refractivity contribution in [3.63, 3.8) is 0 Å². The van der Waals surface area contributed by atoms with Crippen molar-refractivity contribution in [2.75, 3.05) is 28.2 Å². The van der Waals surface area contributed by atoms with E-state index in [9.17, 15) is 8.22 Å². The third-order valence-corrected chi connectivity index (χ3v) is 9.46. The number of hydrogen-bond donors (Lipinski definition) is 0. The van der Waals surface area contributed by atoms with Crippen LogP contribution in [0.4, 0.5) is 8.22 Å². The first-order chi connectivity index (χ1) is 6.09. The molecule has 0 aromatic heterocycles. The van der Waals surface area contributed by atoms with Crippen LogP contribution in [-0.2, 0) is 0 Å². The molecule has 0 saturated heterocycles. The fourth-order valence-electron chi connectivity index (χ4n) is 0.904. The van der Waals surface area contributed by atoms with Crippen molar-refractivity contribution < 1.29 is 8.22 Å². The summed E-state index contributed by atoms with van der Waals surface area (Å²) >= 11 is 0. The van der Waals surface area contributed by atoms with E-state index in [2.05, 4.69) is 0 Å². The minimum Gasteiger partial charge on any atom is -0.304 e. The van der Waals surface area contributed by atoms with Crippen LogP contribution in [0.1, 0.15) is 0 Å². The summed E-state index contributed by atoms with van der Waals surface area (Å²) < 4.78 is 31.1. The Kier molecular flexibility index (Phi) is 4.90. The second-order valence-electron chi connectivity index (χ2n) is 4.57. The molecule has 0 saturated carbocycles. The zero-order valence-electron chi connectivity index (χ0n) is 10.1. The fourth-order valence-corrected chi connectivity index (χ4v) is 5.45. The highest BCUT2D eigenvalue weighted by molar-refractivity contribution is 6.74. The first kappa shape index (κ1) is 14.2. The van der Waals surface area contributed by atoms with E-state index in [0.717, 1.165) is 0 Å². The quantitative estimate of drug-likeness (QED) is 0.537. The average molecular weight is 240 g/mol. The number of rotatable bonds is 5. The summed E-state index contributed by atoms with van der Waals surface area (Å²) in [4.78, 5) is 0. The van der Waals surface area contributed by atoms with E-state index < -0.39 is 17.1 Å². The smallest absolute Gasteiger partial charge is 0.304 e. The van der Waals surface area contributed by atoms with E-state index in [-0.39, 0.29) is 0 Å². The molecule has 0 aromatic rings. The Bertz CT molecular complexity index is 164. The average Bonchev–Trinajstić information content (AvgIpc) is 2.01. The third kappa shape index (κ3) is 4.16. The van der Waals surface area contributed by atoms with Crippen LogP contribution >= 0.6 is 0 Å². The highest BCUT2D eigenvalue weighted by Crippen LogP contribution is 2.24. The van der Waals surface area contributed by atoms with Crippen LogP contribution in [0.15, 0.2) is 0 Å². The van der Waals surface area contributed by atoms with Crippen molar-refractivity contribution in [2.24, 2.45) is 0 Å². The summed E-state index contributed by atoms with van der Waals surface area (Å²) in [6.07, 6.45) is 0. The normalized spacial score (nSPS) is 21.0. The molecule has 0 aliphatic carbocycles. The first-order valence-corrected chi connectivity index (χ1v) is 9.89. The van der Waals surface area contributed by atoms with Crippen LogP contribution in [0.2, 0.25) is 25.2 Å². The molecule has 2 unspecified atom stereocenters. The van der Waals surface area contributed by atoms with Crippen molar-refractivity contribution in [2.45, 2.75) is 25.2 Å². The zero-order chi connectivity index (χ0) is 11.6. The Labute approximate surface area is 88.4 Å². The van der Waals surface area contributed by atoms with Crippen LogP contribution in [0.3, 0.4) is 0 Å². The van der Waals surface area contributed by atoms with Gasteiger partial charge in [-0.25, -0.2) is 0 Å². The van der Waals surface area contributed by atoms with Crippen molar-refractivity contribution in [1.29, 1.82) is 0 Å². The molecule has 0 spiro atoms. The van der Waals surface area contributed by atoms with Crippen molar-refractivity contribution in [3.05, 3.63) is 0 Å². The van der Waals surface area contributed by atoms with Gasteiger partial charge in [-0.2, -0.15) is 0 Å². The van der Waals surface area contributed by atoms with Gasteiger partial charge in [0.15, 0.2) is 0 Å². The van der Waals surface area contributed by atoms with E-state index in [1.165, 1.54) is 0 Å². The molecule has 0 aromatic carbocycles. The lowest BCUT2D eigenvalue weighted by Crippen LogP contribution is -2.47. The molecule has 0 bridgehead atoms. The van der Waals surface area contributed by atoms with Crippen molar-refractivity contribution in [3.8, 4) is 0 Å². The van der Waals surface area contributed by atoms with Gasteiger partial charge in [-0.15, -0.1) is 0 Å². The fraction of sp³-hybridized carbons (Fsp3) is 1.00. The van der Waals surface area contributed by atoms with E-state index in [1.54, 1.807) is 50.4 Å². The Balaban J connectivity index is 4.18. The molecule has 0 rings (SSSR count). The zero-order valence-corrected chi connectivity index (χ0v) is 12.1. The maximum atomic E-state index is 13.9. The molecule has 0 N–H and O–H groups in total. The summed E-state index contributed by atoms with van der Waals surface area (Å²) in [7, 11) is 1.27. The van der Waals surface area contributed by atoms with Crippen LogP contribution < -0.4 is 0 Å². The van der Waals surface area contributed by atoms with E-state index in [4.69, 9.17) is 0 Å². The minimum atomic E-state index is -2.83. The predicted octanol–water partition coefficient (Wildman–Crippen LogP) is 2.19. The molecule has 0 heterocycles. The largest absolute Gasteiger partial charge is 0.318 e. The van der Waals surface area contributed by atoms with Gasteiger partial charge < -0.3 is 9.13 Å². The molecular weight excluding hydrogens is 218 g/mol.